The van der Waals surface area contributed by atoms with Gasteiger partial charge in [-0.15, -0.1) is 0 Å². The highest BCUT2D eigenvalue weighted by Gasteiger charge is 2.34. The second-order valence-electron chi connectivity index (χ2n) is 7.60. The maximum Gasteiger partial charge on any atom is 0.271 e. The molecule has 7 heteroatoms. The van der Waals surface area contributed by atoms with Crippen molar-refractivity contribution in [2.45, 2.75) is 20.8 Å². The van der Waals surface area contributed by atoms with Crippen molar-refractivity contribution in [1.82, 2.24) is 0 Å². The molecule has 3 aromatic carbocycles. The van der Waals surface area contributed by atoms with E-state index in [0.29, 0.717) is 22.2 Å². The van der Waals surface area contributed by atoms with Crippen molar-refractivity contribution < 1.29 is 14.6 Å². The van der Waals surface area contributed by atoms with Gasteiger partial charge in [-0.1, -0.05) is 47.0 Å². The summed E-state index contributed by atoms with van der Waals surface area (Å²) in [5.41, 5.74) is 4.40. The first-order valence-corrected chi connectivity index (χ1v) is 11.7. The molecule has 1 N–H and O–H groups in total. The molecule has 0 aromatic heterocycles. The minimum Gasteiger partial charge on any atom is -0.503 e. The van der Waals surface area contributed by atoms with Gasteiger partial charge in [0.25, 0.3) is 5.91 Å². The first kappa shape index (κ1) is 23.0. The lowest BCUT2D eigenvalue weighted by Gasteiger charge is -2.16. The topological polar surface area (TPSA) is 62.1 Å². The van der Waals surface area contributed by atoms with Gasteiger partial charge in [-0.2, -0.15) is 0 Å². The van der Waals surface area contributed by atoms with E-state index in [0.717, 1.165) is 22.5 Å². The third kappa shape index (κ3) is 5.07. The largest absolute Gasteiger partial charge is 0.503 e. The van der Waals surface area contributed by atoms with Gasteiger partial charge >= 0.3 is 0 Å². The van der Waals surface area contributed by atoms with Crippen molar-refractivity contribution in [2.24, 2.45) is 4.99 Å². The van der Waals surface area contributed by atoms with Crippen molar-refractivity contribution in [1.29, 1.82) is 0 Å². The van der Waals surface area contributed by atoms with Crippen LogP contribution in [0.2, 0.25) is 5.02 Å². The molecule has 0 unspecified atom stereocenters. The molecule has 0 aliphatic carbocycles. The number of amides is 1. The number of aromatic hydroxyl groups is 1. The van der Waals surface area contributed by atoms with E-state index in [1.54, 1.807) is 23.1 Å². The molecule has 1 aliphatic rings. The van der Waals surface area contributed by atoms with E-state index in [-0.39, 0.29) is 22.4 Å². The summed E-state index contributed by atoms with van der Waals surface area (Å²) in [7, 11) is 0. The van der Waals surface area contributed by atoms with Crippen LogP contribution in [0.5, 0.6) is 11.5 Å². The summed E-state index contributed by atoms with van der Waals surface area (Å²) in [6.45, 7) is 6.22. The zero-order valence-corrected chi connectivity index (χ0v) is 20.1. The molecule has 0 spiro atoms. The number of benzene rings is 3. The average Bonchev–Trinajstić information content (AvgIpc) is 3.08. The predicted octanol–water partition coefficient (Wildman–Crippen LogP) is 6.87. The number of ether oxygens (including phenoxy) is 1. The number of thioether (sulfide) groups is 1. The van der Waals surface area contributed by atoms with Gasteiger partial charge in [0.05, 0.1) is 27.9 Å². The van der Waals surface area contributed by atoms with Crippen LogP contribution in [0.3, 0.4) is 0 Å². The number of carbonyl (C=O) groups is 1. The molecular weight excluding hydrogens is 456 g/mol. The fraction of sp³-hybridized carbons (Fsp3) is 0.154. The van der Waals surface area contributed by atoms with Crippen molar-refractivity contribution >= 4 is 51.9 Å². The normalized spacial score (nSPS) is 16.1. The van der Waals surface area contributed by atoms with Crippen LogP contribution in [0.15, 0.2) is 70.6 Å². The van der Waals surface area contributed by atoms with Crippen molar-refractivity contribution in [2.75, 3.05) is 11.5 Å². The summed E-state index contributed by atoms with van der Waals surface area (Å²) in [5, 5.41) is 10.9. The summed E-state index contributed by atoms with van der Waals surface area (Å²) < 4.78 is 5.47. The zero-order chi connectivity index (χ0) is 23.5. The van der Waals surface area contributed by atoms with E-state index in [4.69, 9.17) is 21.3 Å². The van der Waals surface area contributed by atoms with Gasteiger partial charge in [-0.25, -0.2) is 4.99 Å². The van der Waals surface area contributed by atoms with E-state index in [1.165, 1.54) is 11.8 Å². The van der Waals surface area contributed by atoms with Gasteiger partial charge in [0.15, 0.2) is 16.7 Å². The summed E-state index contributed by atoms with van der Waals surface area (Å²) in [6.07, 6.45) is 1.74. The summed E-state index contributed by atoms with van der Waals surface area (Å²) in [4.78, 5) is 20.3. The van der Waals surface area contributed by atoms with Crippen LogP contribution in [0.4, 0.5) is 11.4 Å². The molecule has 4 rings (SSSR count). The monoisotopic (exact) mass is 478 g/mol. The van der Waals surface area contributed by atoms with Gasteiger partial charge in [0.2, 0.25) is 0 Å². The van der Waals surface area contributed by atoms with Gasteiger partial charge < -0.3 is 9.84 Å². The Morgan fingerprint density at radius 2 is 1.70 bits per heavy atom. The van der Waals surface area contributed by atoms with Crippen molar-refractivity contribution in [3.63, 3.8) is 0 Å². The minimum absolute atomic E-state index is 0.117. The predicted molar refractivity (Wildman–Crippen MR) is 137 cm³/mol. The molecule has 0 radical (unpaired) electrons. The molecule has 3 aromatic rings. The van der Waals surface area contributed by atoms with Gasteiger partial charge in [0.1, 0.15) is 0 Å². The van der Waals surface area contributed by atoms with Crippen LogP contribution < -0.4 is 9.64 Å². The van der Waals surface area contributed by atoms with Crippen LogP contribution in [0.25, 0.3) is 6.08 Å². The first-order valence-electron chi connectivity index (χ1n) is 10.5. The number of hydrogen-bond acceptors (Lipinski definition) is 5. The molecule has 1 fully saturated rings. The number of nitrogens with zero attached hydrogens (tertiary/aromatic N) is 2. The Labute approximate surface area is 202 Å². The van der Waals surface area contributed by atoms with Crippen LogP contribution in [0.1, 0.15) is 23.6 Å². The highest BCUT2D eigenvalue weighted by molar-refractivity contribution is 8.19. The SMILES string of the molecule is CCOc1cc(C=C2SC(=Nc3ccc(C)cc3)N(c3ccc(C)cc3)C2=O)cc(Cl)c1O. The number of amidine groups is 1. The quantitative estimate of drug-likeness (QED) is 0.406. The van der Waals surface area contributed by atoms with Crippen LogP contribution in [-0.4, -0.2) is 22.8 Å². The Morgan fingerprint density at radius 3 is 2.33 bits per heavy atom. The van der Waals surface area contributed by atoms with E-state index >= 15 is 0 Å². The first-order chi connectivity index (χ1) is 15.9. The molecule has 1 aliphatic heterocycles. The lowest BCUT2D eigenvalue weighted by Crippen LogP contribution is -2.28. The second-order valence-corrected chi connectivity index (χ2v) is 9.02. The lowest BCUT2D eigenvalue weighted by atomic mass is 10.1. The fourth-order valence-electron chi connectivity index (χ4n) is 3.29. The number of anilines is 1. The second kappa shape index (κ2) is 9.73. The Bertz CT molecular complexity index is 1250. The number of phenolic OH excluding ortho intramolecular Hbond substituents is 1. The number of aliphatic imine (C=N–C) groups is 1. The number of halogens is 1. The lowest BCUT2D eigenvalue weighted by molar-refractivity contribution is -0.113. The maximum atomic E-state index is 13.5. The van der Waals surface area contributed by atoms with Crippen LogP contribution in [-0.2, 0) is 4.79 Å². The van der Waals surface area contributed by atoms with Crippen molar-refractivity contribution in [3.8, 4) is 11.5 Å². The van der Waals surface area contributed by atoms with Gasteiger partial charge in [-0.05, 0) is 80.6 Å². The highest BCUT2D eigenvalue weighted by Crippen LogP contribution is 2.40. The average molecular weight is 479 g/mol. The Balaban J connectivity index is 1.77. The number of hydrogen-bond donors (Lipinski definition) is 1. The summed E-state index contributed by atoms with van der Waals surface area (Å²) in [6, 6.07) is 18.8. The summed E-state index contributed by atoms with van der Waals surface area (Å²) >= 11 is 7.47. The molecule has 1 heterocycles. The third-order valence-corrected chi connectivity index (χ3v) is 6.26. The van der Waals surface area contributed by atoms with Crippen LogP contribution >= 0.6 is 23.4 Å². The van der Waals surface area contributed by atoms with E-state index in [2.05, 4.69) is 0 Å². The van der Waals surface area contributed by atoms with Gasteiger partial charge in [-0.3, -0.25) is 9.69 Å². The number of rotatable bonds is 5. The molecule has 168 valence electrons. The standard InChI is InChI=1S/C26H23ClN2O3S/c1-4-32-22-14-18(13-21(27)24(22)30)15-23-25(31)29(20-11-7-17(3)8-12-20)26(33-23)28-19-9-5-16(2)6-10-19/h5-15,30H,4H2,1-3H3. The van der Waals surface area contributed by atoms with E-state index < -0.39 is 0 Å². The van der Waals surface area contributed by atoms with Crippen LogP contribution in [0, 0.1) is 13.8 Å². The number of aryl methyl sites for hydroxylation is 2. The minimum atomic E-state index is -0.183. The van der Waals surface area contributed by atoms with E-state index in [9.17, 15) is 9.90 Å². The zero-order valence-electron chi connectivity index (χ0n) is 18.5. The Hall–Kier alpha value is -3.22. The highest BCUT2D eigenvalue weighted by atomic mass is 35.5. The van der Waals surface area contributed by atoms with Gasteiger partial charge in [0, 0.05) is 0 Å². The molecular formula is C26H23ClN2O3S. The molecule has 0 saturated carbocycles. The molecule has 1 saturated heterocycles. The fourth-order valence-corrected chi connectivity index (χ4v) is 4.51. The maximum absolute atomic E-state index is 13.5. The van der Waals surface area contributed by atoms with Crippen molar-refractivity contribution in [3.05, 3.63) is 87.3 Å². The Morgan fingerprint density at radius 1 is 1.06 bits per heavy atom. The summed E-state index contributed by atoms with van der Waals surface area (Å²) in [5.74, 6) is -0.0259. The molecule has 33 heavy (non-hydrogen) atoms. The Kier molecular flexibility index (Phi) is 6.77. The number of carbonyl (C=O) groups excluding carboxylic acids is 1. The third-order valence-electron chi connectivity index (χ3n) is 5.01. The molecule has 0 bridgehead atoms. The van der Waals surface area contributed by atoms with E-state index in [1.807, 2.05) is 69.3 Å². The number of phenols is 1. The molecule has 0 atom stereocenters. The smallest absolute Gasteiger partial charge is 0.271 e. The molecule has 1 amide bonds. The molecule has 5 nitrogen and oxygen atoms in total.